The number of hydrogen-bond acceptors (Lipinski definition) is 4. The molecule has 1 aromatic rings. The number of morpholine rings is 1. The molecule has 3 rings (SSSR count). The Morgan fingerprint density at radius 2 is 2.27 bits per heavy atom. The second kappa shape index (κ2) is 7.44. The lowest BCUT2D eigenvalue weighted by molar-refractivity contribution is 0.0346. The number of nitrogens with one attached hydrogen (secondary N) is 1. The van der Waals surface area contributed by atoms with E-state index in [2.05, 4.69) is 34.7 Å². The molecule has 3 heterocycles. The molecule has 0 saturated carbocycles. The Bertz CT molecular complexity index is 474. The van der Waals surface area contributed by atoms with Gasteiger partial charge in [-0.1, -0.05) is 6.07 Å². The number of nitrogens with zero attached hydrogens (tertiary/aromatic N) is 2. The van der Waals surface area contributed by atoms with Gasteiger partial charge in [-0.25, -0.2) is 4.79 Å². The van der Waals surface area contributed by atoms with Crippen LogP contribution in [-0.2, 0) is 4.74 Å². The molecule has 2 aliphatic rings. The number of urea groups is 1. The molecule has 2 fully saturated rings. The molecule has 0 aliphatic carbocycles. The summed E-state index contributed by atoms with van der Waals surface area (Å²) in [5.41, 5.74) is 0. The van der Waals surface area contributed by atoms with Gasteiger partial charge >= 0.3 is 6.03 Å². The summed E-state index contributed by atoms with van der Waals surface area (Å²) in [6.45, 7) is 7.36. The van der Waals surface area contributed by atoms with Gasteiger partial charge in [-0.2, -0.15) is 0 Å². The molecular formula is C16H25N3O2S. The van der Waals surface area contributed by atoms with Gasteiger partial charge < -0.3 is 15.0 Å². The minimum absolute atomic E-state index is 0.0802. The SMILES string of the molecule is C[C@H](CN1CCOCC1)NC(=O)N1CCC[C@H]1c1cccs1. The monoisotopic (exact) mass is 323 g/mol. The van der Waals surface area contributed by atoms with Gasteiger partial charge in [0.05, 0.1) is 19.3 Å². The maximum absolute atomic E-state index is 12.6. The summed E-state index contributed by atoms with van der Waals surface area (Å²) < 4.78 is 5.36. The van der Waals surface area contributed by atoms with Crippen LogP contribution in [0.15, 0.2) is 17.5 Å². The molecule has 2 amide bonds. The van der Waals surface area contributed by atoms with Gasteiger partial charge in [0.15, 0.2) is 0 Å². The highest BCUT2D eigenvalue weighted by Crippen LogP contribution is 2.34. The minimum atomic E-state index is 0.0802. The van der Waals surface area contributed by atoms with Crippen molar-refractivity contribution in [3.8, 4) is 0 Å². The largest absolute Gasteiger partial charge is 0.379 e. The normalized spacial score (nSPS) is 24.4. The quantitative estimate of drug-likeness (QED) is 0.925. The van der Waals surface area contributed by atoms with Crippen LogP contribution >= 0.6 is 11.3 Å². The second-order valence-electron chi connectivity index (χ2n) is 6.13. The van der Waals surface area contributed by atoms with Crippen molar-refractivity contribution < 1.29 is 9.53 Å². The Morgan fingerprint density at radius 1 is 1.45 bits per heavy atom. The van der Waals surface area contributed by atoms with Crippen molar-refractivity contribution in [2.24, 2.45) is 0 Å². The smallest absolute Gasteiger partial charge is 0.318 e. The first-order valence-electron chi connectivity index (χ1n) is 8.14. The Hall–Kier alpha value is -1.11. The summed E-state index contributed by atoms with van der Waals surface area (Å²) >= 11 is 1.74. The van der Waals surface area contributed by atoms with Crippen molar-refractivity contribution in [3.63, 3.8) is 0 Å². The number of likely N-dealkylation sites (tertiary alicyclic amines) is 1. The zero-order valence-corrected chi connectivity index (χ0v) is 14.0. The number of hydrogen-bond donors (Lipinski definition) is 1. The van der Waals surface area contributed by atoms with Crippen molar-refractivity contribution in [2.45, 2.75) is 31.8 Å². The highest BCUT2D eigenvalue weighted by molar-refractivity contribution is 7.10. The van der Waals surface area contributed by atoms with E-state index in [0.717, 1.165) is 52.2 Å². The Kier molecular flexibility index (Phi) is 5.33. The van der Waals surface area contributed by atoms with Crippen molar-refractivity contribution in [1.29, 1.82) is 0 Å². The predicted molar refractivity (Wildman–Crippen MR) is 88.3 cm³/mol. The van der Waals surface area contributed by atoms with E-state index < -0.39 is 0 Å². The van der Waals surface area contributed by atoms with E-state index in [4.69, 9.17) is 4.74 Å². The van der Waals surface area contributed by atoms with E-state index in [9.17, 15) is 4.79 Å². The van der Waals surface area contributed by atoms with Crippen LogP contribution in [0.1, 0.15) is 30.7 Å². The average Bonchev–Trinajstić information content (AvgIpc) is 3.19. The molecule has 5 nitrogen and oxygen atoms in total. The van der Waals surface area contributed by atoms with Crippen LogP contribution in [0, 0.1) is 0 Å². The van der Waals surface area contributed by atoms with E-state index in [-0.39, 0.29) is 18.1 Å². The van der Waals surface area contributed by atoms with Gasteiger partial charge in [-0.3, -0.25) is 4.90 Å². The molecule has 6 heteroatoms. The zero-order chi connectivity index (χ0) is 15.4. The molecule has 122 valence electrons. The summed E-state index contributed by atoms with van der Waals surface area (Å²) in [6, 6.07) is 4.70. The number of rotatable bonds is 4. The van der Waals surface area contributed by atoms with Crippen molar-refractivity contribution in [2.75, 3.05) is 39.4 Å². The van der Waals surface area contributed by atoms with Crippen molar-refractivity contribution in [3.05, 3.63) is 22.4 Å². The topological polar surface area (TPSA) is 44.8 Å². The molecule has 0 spiro atoms. The van der Waals surface area contributed by atoms with E-state index in [1.165, 1.54) is 4.88 Å². The molecule has 2 aliphatic heterocycles. The van der Waals surface area contributed by atoms with E-state index in [1.54, 1.807) is 11.3 Å². The standard InChI is InChI=1S/C16H25N3O2S/c1-13(12-18-7-9-21-10-8-18)17-16(20)19-6-2-4-14(19)15-5-3-11-22-15/h3,5,11,13-14H,2,4,6-10,12H2,1H3,(H,17,20)/t13-,14+/m1/s1. The van der Waals surface area contributed by atoms with Crippen LogP contribution in [0.25, 0.3) is 0 Å². The summed E-state index contributed by atoms with van der Waals surface area (Å²) in [5, 5.41) is 5.26. The lowest BCUT2D eigenvalue weighted by atomic mass is 10.2. The molecule has 2 saturated heterocycles. The third-order valence-corrected chi connectivity index (χ3v) is 5.36. The lowest BCUT2D eigenvalue weighted by Crippen LogP contribution is -2.49. The Labute approximate surface area is 136 Å². The number of carbonyl (C=O) groups is 1. The van der Waals surface area contributed by atoms with E-state index >= 15 is 0 Å². The van der Waals surface area contributed by atoms with Crippen LogP contribution < -0.4 is 5.32 Å². The molecule has 0 aromatic carbocycles. The maximum Gasteiger partial charge on any atom is 0.318 e. The molecular weight excluding hydrogens is 298 g/mol. The molecule has 1 N–H and O–H groups in total. The van der Waals surface area contributed by atoms with Crippen LogP contribution in [0.3, 0.4) is 0 Å². The highest BCUT2D eigenvalue weighted by atomic mass is 32.1. The number of ether oxygens (including phenoxy) is 1. The summed E-state index contributed by atoms with van der Waals surface area (Å²) in [5.74, 6) is 0. The third-order valence-electron chi connectivity index (χ3n) is 4.39. The molecule has 22 heavy (non-hydrogen) atoms. The second-order valence-corrected chi connectivity index (χ2v) is 7.11. The zero-order valence-electron chi connectivity index (χ0n) is 13.2. The van der Waals surface area contributed by atoms with Crippen LogP contribution in [-0.4, -0.2) is 61.3 Å². The first-order chi connectivity index (χ1) is 10.7. The van der Waals surface area contributed by atoms with Gasteiger partial charge in [0.1, 0.15) is 0 Å². The highest BCUT2D eigenvalue weighted by Gasteiger charge is 2.31. The van der Waals surface area contributed by atoms with Gasteiger partial charge in [0, 0.05) is 37.1 Å². The fourth-order valence-corrected chi connectivity index (χ4v) is 4.17. The molecule has 0 bridgehead atoms. The molecule has 2 atom stereocenters. The Morgan fingerprint density at radius 3 is 3.00 bits per heavy atom. The predicted octanol–water partition coefficient (Wildman–Crippen LogP) is 2.32. The van der Waals surface area contributed by atoms with Gasteiger partial charge in [0.2, 0.25) is 0 Å². The maximum atomic E-state index is 12.6. The number of thiophene rings is 1. The summed E-state index contributed by atoms with van der Waals surface area (Å²) in [6.07, 6.45) is 2.17. The van der Waals surface area contributed by atoms with Crippen molar-refractivity contribution in [1.82, 2.24) is 15.1 Å². The van der Waals surface area contributed by atoms with E-state index in [1.807, 2.05) is 4.90 Å². The van der Waals surface area contributed by atoms with Gasteiger partial charge in [-0.05, 0) is 31.2 Å². The molecule has 0 radical (unpaired) electrons. The van der Waals surface area contributed by atoms with Crippen molar-refractivity contribution >= 4 is 17.4 Å². The van der Waals surface area contributed by atoms with Gasteiger partial charge in [-0.15, -0.1) is 11.3 Å². The van der Waals surface area contributed by atoms with Crippen LogP contribution in [0.4, 0.5) is 4.79 Å². The van der Waals surface area contributed by atoms with Gasteiger partial charge in [0.25, 0.3) is 0 Å². The number of carbonyl (C=O) groups excluding carboxylic acids is 1. The summed E-state index contributed by atoms with van der Waals surface area (Å²) in [7, 11) is 0. The Balaban J connectivity index is 1.52. The minimum Gasteiger partial charge on any atom is -0.379 e. The third kappa shape index (κ3) is 3.80. The van der Waals surface area contributed by atoms with E-state index in [0.29, 0.717) is 0 Å². The lowest BCUT2D eigenvalue weighted by Gasteiger charge is -2.31. The molecule has 0 unspecified atom stereocenters. The average molecular weight is 323 g/mol. The van der Waals surface area contributed by atoms with Crippen LogP contribution in [0.2, 0.25) is 0 Å². The fourth-order valence-electron chi connectivity index (χ4n) is 3.30. The fraction of sp³-hybridized carbons (Fsp3) is 0.688. The molecule has 1 aromatic heterocycles. The first-order valence-corrected chi connectivity index (χ1v) is 9.02. The first kappa shape index (κ1) is 15.8. The van der Waals surface area contributed by atoms with Crippen LogP contribution in [0.5, 0.6) is 0 Å². The summed E-state index contributed by atoms with van der Waals surface area (Å²) in [4.78, 5) is 18.2. The number of amides is 2.